The molecule has 0 saturated carbocycles. The number of hydrogen-bond donors (Lipinski definition) is 3. The first-order chi connectivity index (χ1) is 8.90. The van der Waals surface area contributed by atoms with Gasteiger partial charge >= 0.3 is 0 Å². The number of hydrogen-bond acceptors (Lipinski definition) is 4. The molecular formula is C14H21NO4. The van der Waals surface area contributed by atoms with Crippen LogP contribution < -0.4 is 10.1 Å². The van der Waals surface area contributed by atoms with E-state index in [1.165, 1.54) is 0 Å². The topological polar surface area (TPSA) is 78.8 Å². The molecule has 0 fully saturated rings. The van der Waals surface area contributed by atoms with Crippen LogP contribution in [0.25, 0.3) is 0 Å². The van der Waals surface area contributed by atoms with Gasteiger partial charge in [0.2, 0.25) is 0 Å². The highest BCUT2D eigenvalue weighted by Crippen LogP contribution is 2.13. The lowest BCUT2D eigenvalue weighted by molar-refractivity contribution is -0.130. The lowest BCUT2D eigenvalue weighted by atomic mass is 10.1. The molecule has 1 amide bonds. The zero-order valence-electron chi connectivity index (χ0n) is 11.5. The highest BCUT2D eigenvalue weighted by Gasteiger charge is 2.27. The van der Waals surface area contributed by atoms with Gasteiger partial charge in [-0.1, -0.05) is 17.7 Å². The molecule has 0 aromatic heterocycles. The molecule has 1 unspecified atom stereocenters. The van der Waals surface area contributed by atoms with Crippen LogP contribution in [0.15, 0.2) is 24.3 Å². The van der Waals surface area contributed by atoms with Crippen molar-refractivity contribution in [2.75, 3.05) is 13.2 Å². The van der Waals surface area contributed by atoms with Gasteiger partial charge in [-0.15, -0.1) is 0 Å². The standard InChI is InChI=1S/C14H21NO4/c1-10-4-6-12(7-5-10)19-11(2)13(18)15-14(3,8-16)9-17/h4-7,11,16-17H,8-9H2,1-3H3,(H,15,18). The summed E-state index contributed by atoms with van der Waals surface area (Å²) in [6.07, 6.45) is -0.708. The Balaban J connectivity index is 2.60. The summed E-state index contributed by atoms with van der Waals surface area (Å²) in [5.41, 5.74) is 0.0692. The number of ether oxygens (including phenoxy) is 1. The lowest BCUT2D eigenvalue weighted by Gasteiger charge is -2.27. The Bertz CT molecular complexity index is 412. The van der Waals surface area contributed by atoms with Crippen LogP contribution in [0.2, 0.25) is 0 Å². The molecule has 0 radical (unpaired) electrons. The molecule has 3 N–H and O–H groups in total. The maximum atomic E-state index is 11.9. The number of carbonyl (C=O) groups is 1. The van der Waals surface area contributed by atoms with Crippen LogP contribution in [0.3, 0.4) is 0 Å². The smallest absolute Gasteiger partial charge is 0.261 e. The molecule has 0 heterocycles. The minimum atomic E-state index is -1.04. The number of carbonyl (C=O) groups excluding carboxylic acids is 1. The van der Waals surface area contributed by atoms with Crippen molar-refractivity contribution in [2.45, 2.75) is 32.4 Å². The van der Waals surface area contributed by atoms with E-state index in [1.807, 2.05) is 19.1 Å². The molecular weight excluding hydrogens is 246 g/mol. The predicted molar refractivity (Wildman–Crippen MR) is 72.0 cm³/mol. The Morgan fingerprint density at radius 3 is 2.32 bits per heavy atom. The van der Waals surface area contributed by atoms with Crippen LogP contribution in [-0.4, -0.2) is 41.0 Å². The molecule has 1 atom stereocenters. The van der Waals surface area contributed by atoms with Crippen molar-refractivity contribution in [1.82, 2.24) is 5.32 Å². The summed E-state index contributed by atoms with van der Waals surface area (Å²) in [4.78, 5) is 11.9. The molecule has 0 aliphatic heterocycles. The molecule has 0 saturated heterocycles. The van der Waals surface area contributed by atoms with Gasteiger partial charge in [0.25, 0.3) is 5.91 Å². The second-order valence-corrected chi connectivity index (χ2v) is 4.94. The first kappa shape index (κ1) is 15.5. The average molecular weight is 267 g/mol. The van der Waals surface area contributed by atoms with Crippen LogP contribution in [0, 0.1) is 6.92 Å². The highest BCUT2D eigenvalue weighted by atomic mass is 16.5. The number of nitrogens with one attached hydrogen (secondary N) is 1. The van der Waals surface area contributed by atoms with Crippen molar-refractivity contribution < 1.29 is 19.7 Å². The van der Waals surface area contributed by atoms with E-state index in [0.717, 1.165) is 5.56 Å². The Hall–Kier alpha value is -1.59. The van der Waals surface area contributed by atoms with Gasteiger partial charge < -0.3 is 20.3 Å². The number of rotatable bonds is 6. The van der Waals surface area contributed by atoms with Gasteiger partial charge in [-0.25, -0.2) is 0 Å². The number of aryl methyl sites for hydroxylation is 1. The number of benzene rings is 1. The Labute approximate surface area is 113 Å². The Morgan fingerprint density at radius 1 is 1.32 bits per heavy atom. The monoisotopic (exact) mass is 267 g/mol. The molecule has 0 aliphatic rings. The van der Waals surface area contributed by atoms with Crippen LogP contribution in [-0.2, 0) is 4.79 Å². The lowest BCUT2D eigenvalue weighted by Crippen LogP contribution is -2.54. The summed E-state index contributed by atoms with van der Waals surface area (Å²) in [5.74, 6) is 0.217. The van der Waals surface area contributed by atoms with E-state index in [2.05, 4.69) is 5.32 Å². The minimum absolute atomic E-state index is 0.341. The van der Waals surface area contributed by atoms with Crippen molar-refractivity contribution in [3.05, 3.63) is 29.8 Å². The van der Waals surface area contributed by atoms with Gasteiger partial charge in [-0.3, -0.25) is 4.79 Å². The summed E-state index contributed by atoms with van der Waals surface area (Å²) in [7, 11) is 0. The van der Waals surface area contributed by atoms with E-state index in [9.17, 15) is 4.79 Å². The molecule has 5 nitrogen and oxygen atoms in total. The van der Waals surface area contributed by atoms with E-state index in [-0.39, 0.29) is 19.1 Å². The van der Waals surface area contributed by atoms with Gasteiger partial charge in [-0.05, 0) is 32.9 Å². The molecule has 1 aromatic rings. The van der Waals surface area contributed by atoms with Crippen molar-refractivity contribution in [3.8, 4) is 5.75 Å². The number of aliphatic hydroxyl groups excluding tert-OH is 2. The summed E-state index contributed by atoms with van der Waals surface area (Å²) >= 11 is 0. The van der Waals surface area contributed by atoms with E-state index in [1.54, 1.807) is 26.0 Å². The van der Waals surface area contributed by atoms with Gasteiger partial charge in [0.1, 0.15) is 5.75 Å². The maximum Gasteiger partial charge on any atom is 0.261 e. The van der Waals surface area contributed by atoms with E-state index >= 15 is 0 Å². The summed E-state index contributed by atoms with van der Waals surface area (Å²) in [6.45, 7) is 4.46. The fourth-order valence-electron chi connectivity index (χ4n) is 1.40. The van der Waals surface area contributed by atoms with Crippen LogP contribution >= 0.6 is 0 Å². The predicted octanol–water partition coefficient (Wildman–Crippen LogP) is 0.622. The largest absolute Gasteiger partial charge is 0.481 e. The molecule has 19 heavy (non-hydrogen) atoms. The van der Waals surface area contributed by atoms with E-state index in [4.69, 9.17) is 14.9 Å². The SMILES string of the molecule is Cc1ccc(OC(C)C(=O)NC(C)(CO)CO)cc1. The zero-order valence-corrected chi connectivity index (χ0v) is 11.5. The second-order valence-electron chi connectivity index (χ2n) is 4.94. The quantitative estimate of drug-likeness (QED) is 0.706. The number of amides is 1. The summed E-state index contributed by atoms with van der Waals surface area (Å²) < 4.78 is 5.49. The molecule has 5 heteroatoms. The van der Waals surface area contributed by atoms with Crippen molar-refractivity contribution in [3.63, 3.8) is 0 Å². The third-order valence-corrected chi connectivity index (χ3v) is 2.83. The first-order valence-corrected chi connectivity index (χ1v) is 6.17. The van der Waals surface area contributed by atoms with Crippen molar-refractivity contribution >= 4 is 5.91 Å². The van der Waals surface area contributed by atoms with Gasteiger partial charge in [0.05, 0.1) is 18.8 Å². The van der Waals surface area contributed by atoms with Gasteiger partial charge in [0.15, 0.2) is 6.10 Å². The maximum absolute atomic E-state index is 11.9. The second kappa shape index (κ2) is 6.54. The Kier molecular flexibility index (Phi) is 5.32. The number of aliphatic hydroxyl groups is 2. The Morgan fingerprint density at radius 2 is 1.84 bits per heavy atom. The van der Waals surface area contributed by atoms with Gasteiger partial charge in [-0.2, -0.15) is 0 Å². The van der Waals surface area contributed by atoms with Crippen molar-refractivity contribution in [1.29, 1.82) is 0 Å². The minimum Gasteiger partial charge on any atom is -0.481 e. The fourth-order valence-corrected chi connectivity index (χ4v) is 1.40. The summed E-state index contributed by atoms with van der Waals surface area (Å²) in [6, 6.07) is 7.36. The third-order valence-electron chi connectivity index (χ3n) is 2.83. The van der Waals surface area contributed by atoms with Crippen LogP contribution in [0.1, 0.15) is 19.4 Å². The van der Waals surface area contributed by atoms with E-state index < -0.39 is 11.6 Å². The zero-order chi connectivity index (χ0) is 14.5. The first-order valence-electron chi connectivity index (χ1n) is 6.17. The summed E-state index contributed by atoms with van der Waals surface area (Å²) in [5, 5.41) is 20.8. The molecule has 0 spiro atoms. The van der Waals surface area contributed by atoms with Crippen molar-refractivity contribution in [2.24, 2.45) is 0 Å². The molecule has 0 bridgehead atoms. The highest BCUT2D eigenvalue weighted by molar-refractivity contribution is 5.81. The van der Waals surface area contributed by atoms with Crippen LogP contribution in [0.5, 0.6) is 5.75 Å². The molecule has 106 valence electrons. The molecule has 1 rings (SSSR count). The van der Waals surface area contributed by atoms with Crippen LogP contribution in [0.4, 0.5) is 0 Å². The average Bonchev–Trinajstić information content (AvgIpc) is 2.41. The fraction of sp³-hybridized carbons (Fsp3) is 0.500. The molecule has 1 aromatic carbocycles. The van der Waals surface area contributed by atoms with E-state index in [0.29, 0.717) is 5.75 Å². The normalized spacial score (nSPS) is 12.9. The van der Waals surface area contributed by atoms with Gasteiger partial charge in [0, 0.05) is 0 Å². The molecule has 0 aliphatic carbocycles. The third kappa shape index (κ3) is 4.54.